The second-order valence-corrected chi connectivity index (χ2v) is 6.87. The molecule has 0 fully saturated rings. The van der Waals surface area contributed by atoms with Gasteiger partial charge in [0.15, 0.2) is 6.61 Å². The van der Waals surface area contributed by atoms with Crippen molar-refractivity contribution in [2.45, 2.75) is 6.18 Å². The van der Waals surface area contributed by atoms with E-state index in [0.29, 0.717) is 27.6 Å². The number of ether oxygens (including phenoxy) is 1. The fourth-order valence-electron chi connectivity index (χ4n) is 2.74. The molecule has 5 nitrogen and oxygen atoms in total. The summed E-state index contributed by atoms with van der Waals surface area (Å²) in [6.07, 6.45) is -4.47. The van der Waals surface area contributed by atoms with E-state index < -0.39 is 30.2 Å². The molecule has 0 bridgehead atoms. The summed E-state index contributed by atoms with van der Waals surface area (Å²) in [5.41, 5.74) is 0.889. The van der Waals surface area contributed by atoms with Crippen molar-refractivity contribution in [1.82, 2.24) is 0 Å². The second-order valence-electron chi connectivity index (χ2n) is 6.43. The lowest BCUT2D eigenvalue weighted by Gasteiger charge is -2.12. The molecule has 2 N–H and O–H groups in total. The fraction of sp³-hybridized carbons (Fsp3) is 0.0909. The summed E-state index contributed by atoms with van der Waals surface area (Å²) in [5, 5.41) is 11.8. The number of carboxylic acid groups (broad SMARTS) is 1. The third-order valence-corrected chi connectivity index (χ3v) is 4.46. The molecule has 3 rings (SSSR count). The number of aliphatic carboxylic acids is 1. The van der Waals surface area contributed by atoms with E-state index in [1.54, 1.807) is 42.5 Å². The molecule has 0 spiro atoms. The average molecular weight is 450 g/mol. The number of alkyl halides is 3. The molecular weight excluding hydrogens is 435 g/mol. The summed E-state index contributed by atoms with van der Waals surface area (Å²) in [6.45, 7) is -0.518. The van der Waals surface area contributed by atoms with Crippen LogP contribution in [0.1, 0.15) is 15.9 Å². The number of carboxylic acids is 1. The molecule has 0 radical (unpaired) electrons. The standard InChI is InChI=1S/C22H15ClF3NO4/c23-16-7-10-19(31-12-20(28)29)18(11-16)13-3-8-17(9-4-13)27-21(30)14-1-5-15(6-2-14)22(24,25)26/h1-11H,12H2,(H,27,30)(H,28,29). The number of rotatable bonds is 6. The van der Waals surface area contributed by atoms with Gasteiger partial charge in [0.25, 0.3) is 5.91 Å². The summed E-state index contributed by atoms with van der Waals surface area (Å²) in [6, 6.07) is 15.2. The number of benzene rings is 3. The van der Waals surface area contributed by atoms with Crippen LogP contribution in [0.4, 0.5) is 18.9 Å². The minimum absolute atomic E-state index is 0.0799. The van der Waals surface area contributed by atoms with Crippen molar-refractivity contribution in [3.05, 3.63) is 82.9 Å². The zero-order chi connectivity index (χ0) is 22.6. The molecule has 0 aliphatic heterocycles. The van der Waals surface area contributed by atoms with Crippen molar-refractivity contribution < 1.29 is 32.6 Å². The summed E-state index contributed by atoms with van der Waals surface area (Å²) < 4.78 is 43.2. The van der Waals surface area contributed by atoms with Gasteiger partial charge in [0.1, 0.15) is 5.75 Å². The Balaban J connectivity index is 1.75. The molecule has 0 aliphatic carbocycles. The van der Waals surface area contributed by atoms with E-state index in [9.17, 15) is 22.8 Å². The van der Waals surface area contributed by atoms with E-state index >= 15 is 0 Å². The lowest BCUT2D eigenvalue weighted by molar-refractivity contribution is -0.139. The predicted molar refractivity (Wildman–Crippen MR) is 109 cm³/mol. The Hall–Kier alpha value is -3.52. The first-order chi connectivity index (χ1) is 14.6. The van der Waals surface area contributed by atoms with Gasteiger partial charge in [0, 0.05) is 21.8 Å². The number of amides is 1. The zero-order valence-electron chi connectivity index (χ0n) is 15.7. The van der Waals surface area contributed by atoms with Crippen LogP contribution < -0.4 is 10.1 Å². The minimum atomic E-state index is -4.47. The summed E-state index contributed by atoms with van der Waals surface area (Å²) >= 11 is 6.04. The maximum absolute atomic E-state index is 12.6. The smallest absolute Gasteiger partial charge is 0.416 e. The Morgan fingerprint density at radius 1 is 0.968 bits per heavy atom. The van der Waals surface area contributed by atoms with E-state index in [0.717, 1.165) is 24.3 Å². The summed E-state index contributed by atoms with van der Waals surface area (Å²) in [7, 11) is 0. The Labute approximate surface area is 180 Å². The van der Waals surface area contributed by atoms with Gasteiger partial charge in [0.05, 0.1) is 5.56 Å². The molecule has 0 heterocycles. The Morgan fingerprint density at radius 2 is 1.61 bits per heavy atom. The van der Waals surface area contributed by atoms with Gasteiger partial charge < -0.3 is 15.2 Å². The van der Waals surface area contributed by atoms with Gasteiger partial charge in [-0.25, -0.2) is 4.79 Å². The second kappa shape index (κ2) is 9.09. The van der Waals surface area contributed by atoms with Crippen LogP contribution in [0.25, 0.3) is 11.1 Å². The number of anilines is 1. The summed E-state index contributed by atoms with van der Waals surface area (Å²) in [4.78, 5) is 23.1. The maximum Gasteiger partial charge on any atom is 0.416 e. The van der Waals surface area contributed by atoms with Gasteiger partial charge in [-0.3, -0.25) is 4.79 Å². The van der Waals surface area contributed by atoms with E-state index in [2.05, 4.69) is 5.32 Å². The van der Waals surface area contributed by atoms with E-state index in [1.165, 1.54) is 0 Å². The van der Waals surface area contributed by atoms with Crippen molar-refractivity contribution >= 4 is 29.2 Å². The quantitative estimate of drug-likeness (QED) is 0.503. The van der Waals surface area contributed by atoms with Crippen molar-refractivity contribution in [1.29, 1.82) is 0 Å². The monoisotopic (exact) mass is 449 g/mol. The first kappa shape index (κ1) is 22.2. The summed E-state index contributed by atoms with van der Waals surface area (Å²) in [5.74, 6) is -1.36. The lowest BCUT2D eigenvalue weighted by atomic mass is 10.0. The first-order valence-corrected chi connectivity index (χ1v) is 9.24. The van der Waals surface area contributed by atoms with Gasteiger partial charge in [-0.1, -0.05) is 23.7 Å². The van der Waals surface area contributed by atoms with Crippen molar-refractivity contribution in [3.8, 4) is 16.9 Å². The highest BCUT2D eigenvalue weighted by molar-refractivity contribution is 6.31. The highest BCUT2D eigenvalue weighted by atomic mass is 35.5. The van der Waals surface area contributed by atoms with Gasteiger partial charge in [-0.05, 0) is 60.2 Å². The van der Waals surface area contributed by atoms with Crippen molar-refractivity contribution in [2.75, 3.05) is 11.9 Å². The SMILES string of the molecule is O=C(O)COc1ccc(Cl)cc1-c1ccc(NC(=O)c2ccc(C(F)(F)F)cc2)cc1. The largest absolute Gasteiger partial charge is 0.481 e. The van der Waals surface area contributed by atoms with Crippen LogP contribution >= 0.6 is 11.6 Å². The molecule has 3 aromatic carbocycles. The van der Waals surface area contributed by atoms with E-state index in [4.69, 9.17) is 21.4 Å². The van der Waals surface area contributed by atoms with Gasteiger partial charge >= 0.3 is 12.1 Å². The fourth-order valence-corrected chi connectivity index (χ4v) is 2.91. The minimum Gasteiger partial charge on any atom is -0.481 e. The number of hydrogen-bond donors (Lipinski definition) is 2. The van der Waals surface area contributed by atoms with E-state index in [-0.39, 0.29) is 5.56 Å². The molecule has 1 amide bonds. The van der Waals surface area contributed by atoms with Gasteiger partial charge in [0.2, 0.25) is 0 Å². The topological polar surface area (TPSA) is 75.6 Å². The van der Waals surface area contributed by atoms with Crippen LogP contribution in [0.15, 0.2) is 66.7 Å². The van der Waals surface area contributed by atoms with Crippen LogP contribution in [0, 0.1) is 0 Å². The molecule has 3 aromatic rings. The molecule has 31 heavy (non-hydrogen) atoms. The molecule has 0 aromatic heterocycles. The Morgan fingerprint density at radius 3 is 2.19 bits per heavy atom. The maximum atomic E-state index is 12.6. The highest BCUT2D eigenvalue weighted by Crippen LogP contribution is 2.33. The van der Waals surface area contributed by atoms with Crippen molar-refractivity contribution in [2.24, 2.45) is 0 Å². The van der Waals surface area contributed by atoms with E-state index in [1.807, 2.05) is 0 Å². The molecular formula is C22H15ClF3NO4. The van der Waals surface area contributed by atoms with Gasteiger partial charge in [-0.15, -0.1) is 0 Å². The molecule has 9 heteroatoms. The number of carbonyl (C=O) groups excluding carboxylic acids is 1. The average Bonchev–Trinajstić information content (AvgIpc) is 2.72. The number of hydrogen-bond acceptors (Lipinski definition) is 3. The number of carbonyl (C=O) groups is 2. The number of halogens is 4. The molecule has 0 saturated carbocycles. The van der Waals surface area contributed by atoms with Crippen LogP contribution in [0.5, 0.6) is 5.75 Å². The molecule has 0 atom stereocenters. The first-order valence-electron chi connectivity index (χ1n) is 8.86. The third kappa shape index (κ3) is 5.76. The van der Waals surface area contributed by atoms with Crippen molar-refractivity contribution in [3.63, 3.8) is 0 Å². The Bertz CT molecular complexity index is 1100. The zero-order valence-corrected chi connectivity index (χ0v) is 16.5. The van der Waals surface area contributed by atoms with Crippen LogP contribution in [0.3, 0.4) is 0 Å². The third-order valence-electron chi connectivity index (χ3n) is 4.22. The molecule has 0 saturated heterocycles. The van der Waals surface area contributed by atoms with Crippen LogP contribution in [0.2, 0.25) is 5.02 Å². The molecule has 0 unspecified atom stereocenters. The highest BCUT2D eigenvalue weighted by Gasteiger charge is 2.30. The van der Waals surface area contributed by atoms with Gasteiger partial charge in [-0.2, -0.15) is 13.2 Å². The normalized spacial score (nSPS) is 11.1. The molecule has 0 aliphatic rings. The Kier molecular flexibility index (Phi) is 6.50. The van der Waals surface area contributed by atoms with Crippen LogP contribution in [-0.4, -0.2) is 23.6 Å². The lowest BCUT2D eigenvalue weighted by Crippen LogP contribution is -2.12. The van der Waals surface area contributed by atoms with Crippen LogP contribution in [-0.2, 0) is 11.0 Å². The predicted octanol–water partition coefficient (Wildman–Crippen LogP) is 5.74. The molecule has 160 valence electrons. The number of nitrogens with one attached hydrogen (secondary N) is 1.